The molecule has 0 aliphatic carbocycles. The van der Waals surface area contributed by atoms with Crippen molar-refractivity contribution in [2.75, 3.05) is 6.54 Å². The molecule has 1 aromatic carbocycles. The maximum Gasteiger partial charge on any atom is 0.330 e. The van der Waals surface area contributed by atoms with Crippen molar-refractivity contribution in [1.82, 2.24) is 20.1 Å². The van der Waals surface area contributed by atoms with Crippen LogP contribution in [-0.2, 0) is 16.9 Å². The molecule has 2 N–H and O–H groups in total. The lowest BCUT2D eigenvalue weighted by Gasteiger charge is -2.30. The molecule has 0 spiro atoms. The van der Waals surface area contributed by atoms with Gasteiger partial charge in [0.2, 0.25) is 0 Å². The van der Waals surface area contributed by atoms with Gasteiger partial charge in [0, 0.05) is 0 Å². The summed E-state index contributed by atoms with van der Waals surface area (Å²) in [6, 6.07) is 9.11. The first kappa shape index (κ1) is 13.2. The van der Waals surface area contributed by atoms with Crippen LogP contribution < -0.4 is 5.32 Å². The summed E-state index contributed by atoms with van der Waals surface area (Å²) in [4.78, 5) is 15.7. The second-order valence-corrected chi connectivity index (χ2v) is 4.20. The molecule has 19 heavy (non-hydrogen) atoms. The zero-order chi connectivity index (χ0) is 13.7. The van der Waals surface area contributed by atoms with Crippen LogP contribution in [-0.4, -0.2) is 32.4 Å². The Bertz CT molecular complexity index is 527. The van der Waals surface area contributed by atoms with E-state index in [0.29, 0.717) is 12.1 Å². The highest BCUT2D eigenvalue weighted by molar-refractivity contribution is 5.80. The van der Waals surface area contributed by atoms with E-state index in [9.17, 15) is 9.90 Å². The van der Waals surface area contributed by atoms with Crippen molar-refractivity contribution in [3.8, 4) is 0 Å². The highest BCUT2D eigenvalue weighted by Crippen LogP contribution is 2.23. The largest absolute Gasteiger partial charge is 0.480 e. The first-order chi connectivity index (χ1) is 9.19. The van der Waals surface area contributed by atoms with E-state index < -0.39 is 11.5 Å². The lowest BCUT2D eigenvalue weighted by Crippen LogP contribution is -2.52. The molecule has 0 aliphatic rings. The van der Waals surface area contributed by atoms with Crippen molar-refractivity contribution in [1.29, 1.82) is 0 Å². The van der Waals surface area contributed by atoms with Crippen LogP contribution >= 0.6 is 0 Å². The third kappa shape index (κ3) is 2.63. The highest BCUT2D eigenvalue weighted by Gasteiger charge is 2.40. The van der Waals surface area contributed by atoms with E-state index in [-0.39, 0.29) is 6.54 Å². The van der Waals surface area contributed by atoms with Gasteiger partial charge in [-0.05, 0) is 12.1 Å². The second kappa shape index (κ2) is 5.62. The van der Waals surface area contributed by atoms with Crippen LogP contribution in [0.15, 0.2) is 43.0 Å². The fourth-order valence-corrected chi connectivity index (χ4v) is 2.10. The number of aromatic nitrogens is 3. The normalized spacial score (nSPS) is 13.9. The van der Waals surface area contributed by atoms with Gasteiger partial charge in [0.15, 0.2) is 5.54 Å². The second-order valence-electron chi connectivity index (χ2n) is 4.20. The molecular formula is C13H16N4O2. The number of carboxylic acid groups (broad SMARTS) is 1. The molecule has 0 aliphatic heterocycles. The SMILES string of the molecule is CCNC(Cn1cncn1)(C(=O)O)c1ccccc1. The van der Waals surface area contributed by atoms with Crippen molar-refractivity contribution in [2.24, 2.45) is 0 Å². The van der Waals surface area contributed by atoms with Crippen molar-refractivity contribution >= 4 is 5.97 Å². The Kier molecular flexibility index (Phi) is 3.91. The van der Waals surface area contributed by atoms with E-state index in [1.54, 1.807) is 12.1 Å². The van der Waals surface area contributed by atoms with Crippen LogP contribution in [0.1, 0.15) is 12.5 Å². The zero-order valence-corrected chi connectivity index (χ0v) is 10.7. The fraction of sp³-hybridized carbons (Fsp3) is 0.308. The molecule has 6 nitrogen and oxygen atoms in total. The molecule has 0 saturated carbocycles. The number of rotatable bonds is 6. The lowest BCUT2D eigenvalue weighted by molar-refractivity contribution is -0.146. The predicted molar refractivity (Wildman–Crippen MR) is 69.5 cm³/mol. The lowest BCUT2D eigenvalue weighted by atomic mass is 9.89. The minimum atomic E-state index is -1.20. The number of carbonyl (C=O) groups is 1. The Morgan fingerprint density at radius 2 is 2.16 bits per heavy atom. The van der Waals surface area contributed by atoms with Crippen molar-refractivity contribution in [2.45, 2.75) is 19.0 Å². The summed E-state index contributed by atoms with van der Waals surface area (Å²) < 4.78 is 1.52. The monoisotopic (exact) mass is 260 g/mol. The smallest absolute Gasteiger partial charge is 0.330 e. The van der Waals surface area contributed by atoms with E-state index in [1.807, 2.05) is 25.1 Å². The third-order valence-electron chi connectivity index (χ3n) is 2.98. The fourth-order valence-electron chi connectivity index (χ4n) is 2.10. The molecule has 2 rings (SSSR count). The average Bonchev–Trinajstić information content (AvgIpc) is 2.91. The van der Waals surface area contributed by atoms with E-state index in [2.05, 4.69) is 15.4 Å². The van der Waals surface area contributed by atoms with Gasteiger partial charge in [0.1, 0.15) is 12.7 Å². The van der Waals surface area contributed by atoms with Gasteiger partial charge in [-0.2, -0.15) is 5.10 Å². The molecule has 0 bridgehead atoms. The minimum absolute atomic E-state index is 0.181. The van der Waals surface area contributed by atoms with Gasteiger partial charge < -0.3 is 5.11 Å². The summed E-state index contributed by atoms with van der Waals surface area (Å²) in [5.74, 6) is -0.934. The molecule has 6 heteroatoms. The van der Waals surface area contributed by atoms with Crippen LogP contribution in [0.4, 0.5) is 0 Å². The van der Waals surface area contributed by atoms with Gasteiger partial charge in [-0.3, -0.25) is 10.00 Å². The van der Waals surface area contributed by atoms with E-state index in [1.165, 1.54) is 17.3 Å². The number of benzene rings is 1. The van der Waals surface area contributed by atoms with Crippen LogP contribution in [0.25, 0.3) is 0 Å². The predicted octanol–water partition coefficient (Wildman–Crippen LogP) is 0.868. The molecule has 1 aromatic heterocycles. The average molecular weight is 260 g/mol. The quantitative estimate of drug-likeness (QED) is 0.805. The Morgan fingerprint density at radius 3 is 2.68 bits per heavy atom. The summed E-state index contributed by atoms with van der Waals surface area (Å²) in [5, 5.41) is 16.7. The van der Waals surface area contributed by atoms with Gasteiger partial charge in [-0.15, -0.1) is 0 Å². The zero-order valence-electron chi connectivity index (χ0n) is 10.7. The van der Waals surface area contributed by atoms with Gasteiger partial charge in [-0.1, -0.05) is 37.3 Å². The van der Waals surface area contributed by atoms with Gasteiger partial charge >= 0.3 is 5.97 Å². The molecular weight excluding hydrogens is 244 g/mol. The summed E-state index contributed by atoms with van der Waals surface area (Å²) in [7, 11) is 0. The van der Waals surface area contributed by atoms with Crippen molar-refractivity contribution in [3.05, 3.63) is 48.5 Å². The Labute approximate surface area is 111 Å². The number of hydrogen-bond acceptors (Lipinski definition) is 4. The third-order valence-corrected chi connectivity index (χ3v) is 2.98. The van der Waals surface area contributed by atoms with Gasteiger partial charge in [0.05, 0.1) is 6.54 Å². The molecule has 100 valence electrons. The first-order valence-corrected chi connectivity index (χ1v) is 6.05. The van der Waals surface area contributed by atoms with Crippen molar-refractivity contribution in [3.63, 3.8) is 0 Å². The number of carboxylic acids is 1. The van der Waals surface area contributed by atoms with E-state index >= 15 is 0 Å². The topological polar surface area (TPSA) is 80.0 Å². The molecule has 0 saturated heterocycles. The Hall–Kier alpha value is -2.21. The molecule has 2 aromatic rings. The number of aliphatic carboxylic acids is 1. The Balaban J connectivity index is 2.44. The highest BCUT2D eigenvalue weighted by atomic mass is 16.4. The maximum atomic E-state index is 11.8. The number of nitrogens with one attached hydrogen (secondary N) is 1. The minimum Gasteiger partial charge on any atom is -0.480 e. The summed E-state index contributed by atoms with van der Waals surface area (Å²) in [5.41, 5.74) is -0.510. The number of hydrogen-bond donors (Lipinski definition) is 2. The van der Waals surface area contributed by atoms with Crippen molar-refractivity contribution < 1.29 is 9.90 Å². The molecule has 0 radical (unpaired) electrons. The van der Waals surface area contributed by atoms with Crippen LogP contribution in [0.3, 0.4) is 0 Å². The van der Waals surface area contributed by atoms with Crippen LogP contribution in [0.2, 0.25) is 0 Å². The molecule has 1 unspecified atom stereocenters. The molecule has 1 atom stereocenters. The molecule has 0 fully saturated rings. The maximum absolute atomic E-state index is 11.8. The van der Waals surface area contributed by atoms with E-state index in [0.717, 1.165) is 0 Å². The van der Waals surface area contributed by atoms with E-state index in [4.69, 9.17) is 0 Å². The number of likely N-dealkylation sites (N-methyl/N-ethyl adjacent to an activating group) is 1. The summed E-state index contributed by atoms with van der Waals surface area (Å²) in [6.45, 7) is 2.60. The summed E-state index contributed by atoms with van der Waals surface area (Å²) >= 11 is 0. The van der Waals surface area contributed by atoms with Crippen LogP contribution in [0.5, 0.6) is 0 Å². The van der Waals surface area contributed by atoms with Crippen LogP contribution in [0, 0.1) is 0 Å². The van der Waals surface area contributed by atoms with Gasteiger partial charge in [-0.25, -0.2) is 9.78 Å². The summed E-state index contributed by atoms with van der Waals surface area (Å²) in [6.07, 6.45) is 2.90. The molecule has 1 heterocycles. The first-order valence-electron chi connectivity index (χ1n) is 6.05. The van der Waals surface area contributed by atoms with Gasteiger partial charge in [0.25, 0.3) is 0 Å². The number of nitrogens with zero attached hydrogens (tertiary/aromatic N) is 3. The standard InChI is InChI=1S/C13H16N4O2/c1-2-15-13(12(18)19,8-17-10-14-9-16-17)11-6-4-3-5-7-11/h3-7,9-10,15H,2,8H2,1H3,(H,18,19). The Morgan fingerprint density at radius 1 is 1.42 bits per heavy atom. The molecule has 0 amide bonds.